The summed E-state index contributed by atoms with van der Waals surface area (Å²) < 4.78 is 1.69. The Kier molecular flexibility index (Phi) is 6.05. The van der Waals surface area contributed by atoms with E-state index in [9.17, 15) is 9.59 Å². The molecule has 0 unspecified atom stereocenters. The van der Waals surface area contributed by atoms with Gasteiger partial charge in [0.1, 0.15) is 5.69 Å². The lowest BCUT2D eigenvalue weighted by Crippen LogP contribution is -2.13. The lowest BCUT2D eigenvalue weighted by Gasteiger charge is -2.10. The number of benzene rings is 3. The van der Waals surface area contributed by atoms with E-state index in [2.05, 4.69) is 10.6 Å². The van der Waals surface area contributed by atoms with Crippen LogP contribution in [0.25, 0.3) is 16.9 Å². The van der Waals surface area contributed by atoms with Gasteiger partial charge in [0.05, 0.1) is 22.0 Å². The third-order valence-corrected chi connectivity index (χ3v) is 5.23. The van der Waals surface area contributed by atoms with Crippen molar-refractivity contribution < 1.29 is 9.59 Å². The number of nitrogens with one attached hydrogen (secondary N) is 2. The van der Waals surface area contributed by atoms with Gasteiger partial charge in [-0.2, -0.15) is 5.10 Å². The molecule has 2 N–H and O–H groups in total. The Labute approximate surface area is 190 Å². The Morgan fingerprint density at radius 2 is 1.66 bits per heavy atom. The summed E-state index contributed by atoms with van der Waals surface area (Å²) in [6.07, 6.45) is 1.71. The lowest BCUT2D eigenvalue weighted by molar-refractivity contribution is -0.114. The van der Waals surface area contributed by atoms with Crippen molar-refractivity contribution in [2.24, 2.45) is 0 Å². The van der Waals surface area contributed by atoms with Gasteiger partial charge in [0.2, 0.25) is 5.91 Å². The number of halogens is 1. The van der Waals surface area contributed by atoms with Crippen molar-refractivity contribution >= 4 is 34.8 Å². The minimum absolute atomic E-state index is 0.200. The molecule has 0 fully saturated rings. The summed E-state index contributed by atoms with van der Waals surface area (Å²) in [5, 5.41) is 10.6. The van der Waals surface area contributed by atoms with Crippen LogP contribution in [0, 0.1) is 6.92 Å². The lowest BCUT2D eigenvalue weighted by atomic mass is 10.0. The summed E-state index contributed by atoms with van der Waals surface area (Å²) in [5.41, 5.74) is 4.73. The molecule has 0 spiro atoms. The maximum Gasteiger partial charge on any atom is 0.259 e. The fourth-order valence-corrected chi connectivity index (χ4v) is 3.61. The average molecular weight is 445 g/mol. The topological polar surface area (TPSA) is 76.0 Å². The number of hydrogen-bond donors (Lipinski definition) is 2. The zero-order valence-electron chi connectivity index (χ0n) is 17.6. The second-order valence-electron chi connectivity index (χ2n) is 7.32. The Hall–Kier alpha value is -3.90. The van der Waals surface area contributed by atoms with Crippen LogP contribution < -0.4 is 10.6 Å². The quantitative estimate of drug-likeness (QED) is 0.413. The van der Waals surface area contributed by atoms with Crippen molar-refractivity contribution in [3.05, 3.63) is 95.1 Å². The fraction of sp³-hybridized carbons (Fsp3) is 0.0800. The molecule has 1 heterocycles. The minimum atomic E-state index is -0.334. The number of carbonyl (C=O) groups excluding carboxylic acids is 2. The van der Waals surface area contributed by atoms with Gasteiger partial charge in [0, 0.05) is 24.4 Å². The molecule has 0 saturated carbocycles. The molecule has 0 aliphatic heterocycles. The Morgan fingerprint density at radius 3 is 2.34 bits per heavy atom. The van der Waals surface area contributed by atoms with Crippen LogP contribution in [0.2, 0.25) is 5.02 Å². The molecule has 0 radical (unpaired) electrons. The third-order valence-electron chi connectivity index (χ3n) is 4.92. The molecule has 0 aliphatic carbocycles. The van der Waals surface area contributed by atoms with Crippen LogP contribution in [0.15, 0.2) is 79.0 Å². The molecular weight excluding hydrogens is 424 g/mol. The number of amides is 2. The molecular formula is C25H21ClN4O2. The predicted octanol–water partition coefficient (Wildman–Crippen LogP) is 5.71. The van der Waals surface area contributed by atoms with Crippen molar-refractivity contribution in [3.8, 4) is 16.9 Å². The van der Waals surface area contributed by atoms with Gasteiger partial charge < -0.3 is 10.6 Å². The number of aryl methyl sites for hydroxylation is 1. The number of rotatable bonds is 5. The highest BCUT2D eigenvalue weighted by molar-refractivity contribution is 6.34. The maximum absolute atomic E-state index is 13.3. The number of anilines is 2. The second kappa shape index (κ2) is 9.08. The summed E-state index contributed by atoms with van der Waals surface area (Å²) >= 11 is 6.34. The molecule has 4 aromatic rings. The monoisotopic (exact) mass is 444 g/mol. The molecule has 0 saturated heterocycles. The highest BCUT2D eigenvalue weighted by atomic mass is 35.5. The molecule has 0 atom stereocenters. The molecule has 160 valence electrons. The normalized spacial score (nSPS) is 10.6. The van der Waals surface area contributed by atoms with Crippen molar-refractivity contribution in [2.75, 3.05) is 10.6 Å². The van der Waals surface area contributed by atoms with E-state index >= 15 is 0 Å². The molecule has 32 heavy (non-hydrogen) atoms. The van der Waals surface area contributed by atoms with Crippen LogP contribution in [0.5, 0.6) is 0 Å². The first-order valence-corrected chi connectivity index (χ1v) is 10.4. The zero-order valence-corrected chi connectivity index (χ0v) is 18.4. The first-order valence-electron chi connectivity index (χ1n) is 10.0. The maximum atomic E-state index is 13.3. The smallest absolute Gasteiger partial charge is 0.259 e. The Morgan fingerprint density at radius 1 is 0.938 bits per heavy atom. The number of para-hydroxylation sites is 1. The van der Waals surface area contributed by atoms with Crippen molar-refractivity contribution in [1.82, 2.24) is 9.78 Å². The number of nitrogens with zero attached hydrogens (tertiary/aromatic N) is 2. The van der Waals surface area contributed by atoms with Crippen LogP contribution >= 0.6 is 11.6 Å². The molecule has 4 rings (SSSR count). The highest BCUT2D eigenvalue weighted by Crippen LogP contribution is 2.30. The summed E-state index contributed by atoms with van der Waals surface area (Å²) in [5.74, 6) is -0.534. The second-order valence-corrected chi connectivity index (χ2v) is 7.72. The Bertz CT molecular complexity index is 1300. The van der Waals surface area contributed by atoms with Gasteiger partial charge in [0.25, 0.3) is 5.91 Å². The van der Waals surface area contributed by atoms with Gasteiger partial charge in [-0.05, 0) is 42.8 Å². The minimum Gasteiger partial charge on any atom is -0.326 e. The van der Waals surface area contributed by atoms with E-state index < -0.39 is 0 Å². The van der Waals surface area contributed by atoms with E-state index in [1.54, 1.807) is 29.1 Å². The number of aromatic nitrogens is 2. The van der Waals surface area contributed by atoms with Gasteiger partial charge in [-0.3, -0.25) is 9.59 Å². The Balaban J connectivity index is 1.72. The van der Waals surface area contributed by atoms with Crippen molar-refractivity contribution in [1.29, 1.82) is 0 Å². The SMILES string of the molecule is CC(=O)Nc1ccc(NC(=O)c2cn(-c3ccccc3)nc2-c2ccccc2C)c(Cl)c1. The number of hydrogen-bond acceptors (Lipinski definition) is 3. The van der Waals surface area contributed by atoms with Gasteiger partial charge >= 0.3 is 0 Å². The standard InChI is InChI=1S/C25H21ClN4O2/c1-16-8-6-7-11-20(16)24-21(15-30(29-24)19-9-4-3-5-10-19)25(32)28-23-13-12-18(14-22(23)26)27-17(2)31/h3-15H,1-2H3,(H,27,31)(H,28,32). The van der Waals surface area contributed by atoms with E-state index in [1.165, 1.54) is 6.92 Å². The first-order chi connectivity index (χ1) is 15.4. The molecule has 0 bridgehead atoms. The zero-order chi connectivity index (χ0) is 22.7. The summed E-state index contributed by atoms with van der Waals surface area (Å²) in [6.45, 7) is 3.40. The van der Waals surface area contributed by atoms with Gasteiger partial charge in [-0.25, -0.2) is 4.68 Å². The summed E-state index contributed by atoms with van der Waals surface area (Å²) in [7, 11) is 0. The molecule has 3 aromatic carbocycles. The van der Waals surface area contributed by atoms with Crippen LogP contribution in [0.4, 0.5) is 11.4 Å². The van der Waals surface area contributed by atoms with Crippen LogP contribution in [0.3, 0.4) is 0 Å². The van der Waals surface area contributed by atoms with E-state index in [0.717, 1.165) is 16.8 Å². The molecule has 7 heteroatoms. The molecule has 6 nitrogen and oxygen atoms in total. The molecule has 2 amide bonds. The summed E-state index contributed by atoms with van der Waals surface area (Å²) in [4.78, 5) is 24.5. The van der Waals surface area contributed by atoms with Gasteiger partial charge in [-0.15, -0.1) is 0 Å². The largest absolute Gasteiger partial charge is 0.326 e. The summed E-state index contributed by atoms with van der Waals surface area (Å²) in [6, 6.07) is 22.3. The average Bonchev–Trinajstić information content (AvgIpc) is 3.21. The van der Waals surface area contributed by atoms with E-state index in [1.807, 2.05) is 61.5 Å². The van der Waals surface area contributed by atoms with Crippen molar-refractivity contribution in [2.45, 2.75) is 13.8 Å². The van der Waals surface area contributed by atoms with Gasteiger partial charge in [-0.1, -0.05) is 54.1 Å². The van der Waals surface area contributed by atoms with Crippen LogP contribution in [-0.2, 0) is 4.79 Å². The van der Waals surface area contributed by atoms with E-state index in [-0.39, 0.29) is 11.8 Å². The fourth-order valence-electron chi connectivity index (χ4n) is 3.38. The third kappa shape index (κ3) is 4.55. The van der Waals surface area contributed by atoms with E-state index in [0.29, 0.717) is 27.7 Å². The van der Waals surface area contributed by atoms with Crippen molar-refractivity contribution in [3.63, 3.8) is 0 Å². The predicted molar refractivity (Wildman–Crippen MR) is 127 cm³/mol. The number of carbonyl (C=O) groups is 2. The van der Waals surface area contributed by atoms with E-state index in [4.69, 9.17) is 16.7 Å². The van der Waals surface area contributed by atoms with Crippen LogP contribution in [-0.4, -0.2) is 21.6 Å². The first kappa shape index (κ1) is 21.3. The van der Waals surface area contributed by atoms with Crippen LogP contribution in [0.1, 0.15) is 22.8 Å². The highest BCUT2D eigenvalue weighted by Gasteiger charge is 2.20. The molecule has 0 aliphatic rings. The molecule has 1 aromatic heterocycles. The van der Waals surface area contributed by atoms with Gasteiger partial charge in [0.15, 0.2) is 0 Å².